The van der Waals surface area contributed by atoms with Gasteiger partial charge in [-0.25, -0.2) is 8.42 Å². The Hall–Kier alpha value is -1.66. The Morgan fingerprint density at radius 3 is 2.67 bits per heavy atom. The molecule has 3 rings (SSSR count). The van der Waals surface area contributed by atoms with Gasteiger partial charge in [0.2, 0.25) is 0 Å². The van der Waals surface area contributed by atoms with Crippen molar-refractivity contribution in [3.05, 3.63) is 41.0 Å². The van der Waals surface area contributed by atoms with Crippen LogP contribution in [0.4, 0.5) is 0 Å². The molecule has 0 saturated carbocycles. The van der Waals surface area contributed by atoms with Crippen molar-refractivity contribution >= 4 is 15.8 Å². The molecule has 0 aromatic heterocycles. The first kappa shape index (κ1) is 14.3. The largest absolute Gasteiger partial charge is 0.481 e. The van der Waals surface area contributed by atoms with Crippen molar-refractivity contribution in [2.75, 3.05) is 6.54 Å². The van der Waals surface area contributed by atoms with Crippen LogP contribution in [0, 0.1) is 12.8 Å². The average molecular weight is 307 g/mol. The van der Waals surface area contributed by atoms with Crippen LogP contribution >= 0.6 is 0 Å². The molecule has 2 N–H and O–H groups in total. The van der Waals surface area contributed by atoms with E-state index in [1.54, 1.807) is 31.2 Å². The van der Waals surface area contributed by atoms with Crippen LogP contribution in [0.5, 0.6) is 0 Å². The molecule has 0 amide bonds. The fourth-order valence-corrected chi connectivity index (χ4v) is 5.18. The highest BCUT2D eigenvalue weighted by Crippen LogP contribution is 2.39. The summed E-state index contributed by atoms with van der Waals surface area (Å²) in [6.07, 6.45) is 0.783. The average Bonchev–Trinajstić information content (AvgIpc) is 2.98. The predicted octanol–water partition coefficient (Wildman–Crippen LogP) is 1.49. The molecule has 6 heteroatoms. The number of sulfone groups is 1. The molecular formula is C15H17NO4S. The van der Waals surface area contributed by atoms with E-state index >= 15 is 0 Å². The van der Waals surface area contributed by atoms with Crippen molar-refractivity contribution < 1.29 is 18.3 Å². The molecule has 0 saturated heterocycles. The van der Waals surface area contributed by atoms with Crippen molar-refractivity contribution in [3.8, 4) is 0 Å². The second kappa shape index (κ2) is 4.96. The van der Waals surface area contributed by atoms with Gasteiger partial charge in [0.05, 0.1) is 10.8 Å². The van der Waals surface area contributed by atoms with E-state index in [1.165, 1.54) is 0 Å². The summed E-state index contributed by atoms with van der Waals surface area (Å²) in [4.78, 5) is 11.4. The van der Waals surface area contributed by atoms with E-state index in [0.29, 0.717) is 29.8 Å². The van der Waals surface area contributed by atoms with Gasteiger partial charge in [0.15, 0.2) is 9.84 Å². The van der Waals surface area contributed by atoms with Crippen LogP contribution in [0.2, 0.25) is 0 Å². The Balaban J connectivity index is 1.95. The molecule has 0 bridgehead atoms. The maximum Gasteiger partial charge on any atom is 0.307 e. The maximum atomic E-state index is 12.8. The summed E-state index contributed by atoms with van der Waals surface area (Å²) < 4.78 is 25.7. The number of rotatable bonds is 3. The number of hydrogen-bond donors (Lipinski definition) is 2. The van der Waals surface area contributed by atoms with Gasteiger partial charge in [-0.2, -0.15) is 0 Å². The Morgan fingerprint density at radius 2 is 2.00 bits per heavy atom. The van der Waals surface area contributed by atoms with Crippen LogP contribution in [0.3, 0.4) is 0 Å². The summed E-state index contributed by atoms with van der Waals surface area (Å²) in [5.74, 6) is -1.33. The highest BCUT2D eigenvalue weighted by Gasteiger charge is 2.42. The molecule has 0 spiro atoms. The van der Waals surface area contributed by atoms with Gasteiger partial charge in [-0.05, 0) is 37.0 Å². The lowest BCUT2D eigenvalue weighted by Crippen LogP contribution is -2.35. The lowest BCUT2D eigenvalue weighted by molar-refractivity contribution is -0.141. The fraction of sp³-hybridized carbons (Fsp3) is 0.400. The highest BCUT2D eigenvalue weighted by atomic mass is 32.2. The number of carbonyl (C=O) groups is 1. The zero-order chi connectivity index (χ0) is 15.2. The fourth-order valence-electron chi connectivity index (χ4n) is 3.20. The Morgan fingerprint density at radius 1 is 1.29 bits per heavy atom. The lowest BCUT2D eigenvalue weighted by Gasteiger charge is -2.18. The normalized spacial score (nSPS) is 25.2. The van der Waals surface area contributed by atoms with Gasteiger partial charge < -0.3 is 5.11 Å². The van der Waals surface area contributed by atoms with Gasteiger partial charge in [-0.3, -0.25) is 10.1 Å². The molecule has 112 valence electrons. The molecule has 2 atom stereocenters. The third-order valence-electron chi connectivity index (χ3n) is 4.29. The second-order valence-electron chi connectivity index (χ2n) is 5.64. The zero-order valence-corrected chi connectivity index (χ0v) is 12.5. The number of aliphatic carboxylic acids is 1. The maximum absolute atomic E-state index is 12.8. The summed E-state index contributed by atoms with van der Waals surface area (Å²) in [7, 11) is -3.53. The molecule has 1 aromatic carbocycles. The van der Waals surface area contributed by atoms with Gasteiger partial charge >= 0.3 is 5.97 Å². The van der Waals surface area contributed by atoms with Crippen LogP contribution < -0.4 is 5.32 Å². The van der Waals surface area contributed by atoms with E-state index in [4.69, 9.17) is 5.11 Å². The van der Waals surface area contributed by atoms with Gasteiger partial charge in [0.1, 0.15) is 5.37 Å². The van der Waals surface area contributed by atoms with E-state index in [2.05, 4.69) is 5.32 Å². The number of aryl methyl sites for hydroxylation is 1. The van der Waals surface area contributed by atoms with Gasteiger partial charge in [-0.1, -0.05) is 23.8 Å². The van der Waals surface area contributed by atoms with Crippen molar-refractivity contribution in [3.63, 3.8) is 0 Å². The van der Waals surface area contributed by atoms with E-state index < -0.39 is 27.1 Å². The molecule has 0 radical (unpaired) electrons. The van der Waals surface area contributed by atoms with Crippen LogP contribution in [0.25, 0.3) is 0 Å². The number of benzene rings is 1. The van der Waals surface area contributed by atoms with Crippen LogP contribution in [0.15, 0.2) is 40.3 Å². The Labute approximate surface area is 123 Å². The molecule has 21 heavy (non-hydrogen) atoms. The summed E-state index contributed by atoms with van der Waals surface area (Å²) in [5, 5.41) is 11.4. The topological polar surface area (TPSA) is 83.5 Å². The van der Waals surface area contributed by atoms with Gasteiger partial charge in [-0.15, -0.1) is 0 Å². The van der Waals surface area contributed by atoms with Crippen LogP contribution in [-0.4, -0.2) is 31.4 Å². The van der Waals surface area contributed by atoms with Crippen molar-refractivity contribution in [2.24, 2.45) is 5.92 Å². The molecular weight excluding hydrogens is 290 g/mol. The van der Waals surface area contributed by atoms with E-state index in [-0.39, 0.29) is 0 Å². The first-order valence-corrected chi connectivity index (χ1v) is 8.42. The van der Waals surface area contributed by atoms with E-state index in [0.717, 1.165) is 11.1 Å². The smallest absolute Gasteiger partial charge is 0.307 e. The first-order chi connectivity index (χ1) is 9.91. The molecule has 1 aromatic rings. The Kier molecular flexibility index (Phi) is 3.37. The van der Waals surface area contributed by atoms with Crippen LogP contribution in [0.1, 0.15) is 18.4 Å². The van der Waals surface area contributed by atoms with Crippen LogP contribution in [-0.2, 0) is 14.6 Å². The third kappa shape index (κ3) is 2.28. The summed E-state index contributed by atoms with van der Waals surface area (Å²) >= 11 is 0. The summed E-state index contributed by atoms with van der Waals surface area (Å²) in [6.45, 7) is 2.24. The van der Waals surface area contributed by atoms with Crippen molar-refractivity contribution in [1.82, 2.24) is 5.32 Å². The minimum absolute atomic E-state index is 0.315. The third-order valence-corrected chi connectivity index (χ3v) is 6.43. The van der Waals surface area contributed by atoms with E-state index in [1.807, 2.05) is 0 Å². The molecule has 1 aliphatic heterocycles. The van der Waals surface area contributed by atoms with E-state index in [9.17, 15) is 13.2 Å². The summed E-state index contributed by atoms with van der Waals surface area (Å²) in [5.41, 5.74) is 2.41. The molecule has 1 heterocycles. The number of hydrogen-bond acceptors (Lipinski definition) is 4. The number of carboxylic acids is 1. The molecule has 2 unspecified atom stereocenters. The minimum Gasteiger partial charge on any atom is -0.481 e. The molecule has 5 nitrogen and oxygen atoms in total. The second-order valence-corrected chi connectivity index (χ2v) is 7.64. The lowest BCUT2D eigenvalue weighted by atomic mass is 10.1. The molecule has 0 fully saturated rings. The molecule has 2 aliphatic rings. The van der Waals surface area contributed by atoms with Gasteiger partial charge in [0.25, 0.3) is 0 Å². The summed E-state index contributed by atoms with van der Waals surface area (Å²) in [6, 6.07) is 6.89. The predicted molar refractivity (Wildman–Crippen MR) is 77.5 cm³/mol. The zero-order valence-electron chi connectivity index (χ0n) is 11.7. The Bertz CT molecular complexity index is 736. The first-order valence-electron chi connectivity index (χ1n) is 6.87. The number of nitrogens with one attached hydrogen (secondary N) is 1. The van der Waals surface area contributed by atoms with Crippen molar-refractivity contribution in [1.29, 1.82) is 0 Å². The quantitative estimate of drug-likeness (QED) is 0.827. The minimum atomic E-state index is -3.53. The molecule has 1 aliphatic carbocycles. The SMILES string of the molecule is Cc1ccccc1S(=O)(=O)C1NCC2=C1CC(C(=O)O)C2. The standard InChI is InChI=1S/C15H17NO4S/c1-9-4-2-3-5-13(9)21(19,20)14-12-7-10(15(17)18)6-11(12)8-16-14/h2-5,10,14,16H,6-8H2,1H3,(H,17,18). The highest BCUT2D eigenvalue weighted by molar-refractivity contribution is 7.92. The monoisotopic (exact) mass is 307 g/mol. The van der Waals surface area contributed by atoms with Gasteiger partial charge in [0, 0.05) is 6.54 Å². The van der Waals surface area contributed by atoms with Crippen molar-refractivity contribution in [2.45, 2.75) is 30.0 Å². The number of carboxylic acid groups (broad SMARTS) is 1.